The highest BCUT2D eigenvalue weighted by molar-refractivity contribution is 9.10. The third-order valence-corrected chi connectivity index (χ3v) is 5.20. The Labute approximate surface area is 190 Å². The Balaban J connectivity index is 1.57. The Kier molecular flexibility index (Phi) is 7.02. The number of anilines is 1. The Morgan fingerprint density at radius 3 is 1.94 bits per heavy atom. The molecule has 0 aliphatic rings. The van der Waals surface area contributed by atoms with E-state index in [1.54, 1.807) is 30.5 Å². The number of hydrogen-bond donors (Lipinski definition) is 2. The molecule has 0 spiro atoms. The second-order valence-corrected chi connectivity index (χ2v) is 9.03. The molecular formula is C25H24BrN3O2. The Morgan fingerprint density at radius 1 is 0.806 bits per heavy atom. The minimum Gasteiger partial charge on any atom is -0.322 e. The van der Waals surface area contributed by atoms with E-state index in [0.717, 1.165) is 10.0 Å². The number of hydrogen-bond acceptors (Lipinski definition) is 3. The average molecular weight is 478 g/mol. The highest BCUT2D eigenvalue weighted by atomic mass is 79.9. The lowest BCUT2D eigenvalue weighted by molar-refractivity contribution is 0.0954. The fourth-order valence-corrected chi connectivity index (χ4v) is 3.07. The van der Waals surface area contributed by atoms with Crippen molar-refractivity contribution in [3.05, 3.63) is 99.5 Å². The fraction of sp³-hybridized carbons (Fsp3) is 0.160. The monoisotopic (exact) mass is 477 g/mol. The maximum atomic E-state index is 12.5. The summed E-state index contributed by atoms with van der Waals surface area (Å²) < 4.78 is 0.975. The minimum atomic E-state index is -0.330. The number of hydrazone groups is 1. The first kappa shape index (κ1) is 22.4. The van der Waals surface area contributed by atoms with Crippen molar-refractivity contribution in [3.63, 3.8) is 0 Å². The topological polar surface area (TPSA) is 70.6 Å². The molecule has 0 heterocycles. The van der Waals surface area contributed by atoms with Crippen molar-refractivity contribution in [3.8, 4) is 0 Å². The van der Waals surface area contributed by atoms with Crippen LogP contribution in [0, 0.1) is 0 Å². The summed E-state index contributed by atoms with van der Waals surface area (Å²) in [5.41, 5.74) is 6.21. The van der Waals surface area contributed by atoms with Crippen molar-refractivity contribution in [1.82, 2.24) is 5.43 Å². The zero-order chi connectivity index (χ0) is 22.4. The average Bonchev–Trinajstić information content (AvgIpc) is 2.75. The van der Waals surface area contributed by atoms with E-state index >= 15 is 0 Å². The van der Waals surface area contributed by atoms with Gasteiger partial charge in [0, 0.05) is 21.3 Å². The first-order valence-corrected chi connectivity index (χ1v) is 10.6. The first-order valence-electron chi connectivity index (χ1n) is 9.83. The molecule has 3 aromatic rings. The van der Waals surface area contributed by atoms with Gasteiger partial charge in [-0.1, -0.05) is 61.0 Å². The molecule has 31 heavy (non-hydrogen) atoms. The third-order valence-electron chi connectivity index (χ3n) is 4.67. The molecule has 3 aromatic carbocycles. The van der Waals surface area contributed by atoms with Crippen molar-refractivity contribution in [2.45, 2.75) is 26.2 Å². The molecule has 5 nitrogen and oxygen atoms in total. The van der Waals surface area contributed by atoms with Gasteiger partial charge in [-0.05, 0) is 65.1 Å². The molecule has 0 radical (unpaired) electrons. The summed E-state index contributed by atoms with van der Waals surface area (Å²) in [5.74, 6) is -0.527. The van der Waals surface area contributed by atoms with Crippen molar-refractivity contribution in [2.24, 2.45) is 5.10 Å². The van der Waals surface area contributed by atoms with E-state index in [0.29, 0.717) is 16.8 Å². The molecule has 0 atom stereocenters. The van der Waals surface area contributed by atoms with E-state index in [2.05, 4.69) is 52.5 Å². The zero-order valence-electron chi connectivity index (χ0n) is 17.6. The standard InChI is InChI=1S/C25H24BrN3O2/c1-25(2,3)20-10-6-18(7-11-20)23(30)28-22-14-8-19(9-15-22)24(31)29-27-16-17-4-12-21(26)13-5-17/h4-16H,1-3H3,(H,28,30)(H,29,31)/b27-16+. The van der Waals surface area contributed by atoms with Gasteiger partial charge < -0.3 is 5.32 Å². The van der Waals surface area contributed by atoms with Crippen LogP contribution in [0.25, 0.3) is 0 Å². The lowest BCUT2D eigenvalue weighted by Gasteiger charge is -2.19. The lowest BCUT2D eigenvalue weighted by Crippen LogP contribution is -2.18. The van der Waals surface area contributed by atoms with Gasteiger partial charge in [0.25, 0.3) is 11.8 Å². The highest BCUT2D eigenvalue weighted by Crippen LogP contribution is 2.22. The van der Waals surface area contributed by atoms with Crippen LogP contribution in [0.1, 0.15) is 52.6 Å². The second-order valence-electron chi connectivity index (χ2n) is 8.11. The Bertz CT molecular complexity index is 1080. The largest absolute Gasteiger partial charge is 0.322 e. The van der Waals surface area contributed by atoms with Crippen LogP contribution in [0.5, 0.6) is 0 Å². The number of benzene rings is 3. The van der Waals surface area contributed by atoms with E-state index in [1.807, 2.05) is 48.5 Å². The molecule has 0 saturated carbocycles. The summed E-state index contributed by atoms with van der Waals surface area (Å²) in [4.78, 5) is 24.7. The van der Waals surface area contributed by atoms with Crippen molar-refractivity contribution >= 4 is 39.6 Å². The van der Waals surface area contributed by atoms with E-state index < -0.39 is 0 Å². The van der Waals surface area contributed by atoms with Gasteiger partial charge in [-0.25, -0.2) is 5.43 Å². The summed E-state index contributed by atoms with van der Waals surface area (Å²) in [6, 6.07) is 21.8. The molecule has 0 aromatic heterocycles. The number of halogens is 1. The highest BCUT2D eigenvalue weighted by Gasteiger charge is 2.14. The molecule has 0 aliphatic carbocycles. The van der Waals surface area contributed by atoms with Gasteiger partial charge in [-0.2, -0.15) is 5.10 Å². The third kappa shape index (κ3) is 6.36. The van der Waals surface area contributed by atoms with Gasteiger partial charge in [0.05, 0.1) is 6.21 Å². The van der Waals surface area contributed by atoms with Gasteiger partial charge >= 0.3 is 0 Å². The molecule has 3 rings (SSSR count). The number of carbonyl (C=O) groups is 2. The molecule has 0 unspecified atom stereocenters. The molecule has 6 heteroatoms. The number of amides is 2. The van der Waals surface area contributed by atoms with E-state index in [1.165, 1.54) is 5.56 Å². The second kappa shape index (κ2) is 9.71. The molecule has 0 fully saturated rings. The van der Waals surface area contributed by atoms with Crippen molar-refractivity contribution in [2.75, 3.05) is 5.32 Å². The van der Waals surface area contributed by atoms with Crippen LogP contribution in [-0.4, -0.2) is 18.0 Å². The lowest BCUT2D eigenvalue weighted by atomic mass is 9.87. The minimum absolute atomic E-state index is 0.0354. The number of rotatable bonds is 5. The molecule has 0 bridgehead atoms. The SMILES string of the molecule is CC(C)(C)c1ccc(C(=O)Nc2ccc(C(=O)N/N=C/c3ccc(Br)cc3)cc2)cc1. The van der Waals surface area contributed by atoms with E-state index in [-0.39, 0.29) is 17.2 Å². The van der Waals surface area contributed by atoms with Gasteiger partial charge in [-0.15, -0.1) is 0 Å². The van der Waals surface area contributed by atoms with Crippen molar-refractivity contribution < 1.29 is 9.59 Å². The van der Waals surface area contributed by atoms with Crippen LogP contribution < -0.4 is 10.7 Å². The summed E-state index contributed by atoms with van der Waals surface area (Å²) in [5, 5.41) is 6.82. The Morgan fingerprint density at radius 2 is 1.35 bits per heavy atom. The van der Waals surface area contributed by atoms with Gasteiger partial charge in [0.1, 0.15) is 0 Å². The predicted molar refractivity (Wildman–Crippen MR) is 129 cm³/mol. The maximum Gasteiger partial charge on any atom is 0.271 e. The summed E-state index contributed by atoms with van der Waals surface area (Å²) in [6.45, 7) is 6.39. The zero-order valence-corrected chi connectivity index (χ0v) is 19.2. The normalized spacial score (nSPS) is 11.4. The van der Waals surface area contributed by atoms with Gasteiger partial charge in [0.2, 0.25) is 0 Å². The molecule has 158 valence electrons. The first-order chi connectivity index (χ1) is 14.7. The van der Waals surface area contributed by atoms with Crippen molar-refractivity contribution in [1.29, 1.82) is 0 Å². The number of nitrogens with zero attached hydrogens (tertiary/aromatic N) is 1. The van der Waals surface area contributed by atoms with Crippen LogP contribution >= 0.6 is 15.9 Å². The predicted octanol–water partition coefficient (Wildman–Crippen LogP) is 5.76. The summed E-state index contributed by atoms with van der Waals surface area (Å²) in [6.07, 6.45) is 1.57. The Hall–Kier alpha value is -3.25. The molecule has 2 amide bonds. The maximum absolute atomic E-state index is 12.5. The van der Waals surface area contributed by atoms with Gasteiger partial charge in [-0.3, -0.25) is 9.59 Å². The number of nitrogens with one attached hydrogen (secondary N) is 2. The van der Waals surface area contributed by atoms with Crippen LogP contribution in [0.2, 0.25) is 0 Å². The molecule has 0 aliphatic heterocycles. The molecule has 0 saturated heterocycles. The molecular weight excluding hydrogens is 454 g/mol. The summed E-state index contributed by atoms with van der Waals surface area (Å²) in [7, 11) is 0. The van der Waals surface area contributed by atoms with Crippen LogP contribution in [-0.2, 0) is 5.41 Å². The van der Waals surface area contributed by atoms with Crippen LogP contribution in [0.3, 0.4) is 0 Å². The van der Waals surface area contributed by atoms with E-state index in [9.17, 15) is 9.59 Å². The smallest absolute Gasteiger partial charge is 0.271 e. The fourth-order valence-electron chi connectivity index (χ4n) is 2.81. The van der Waals surface area contributed by atoms with Crippen LogP contribution in [0.15, 0.2) is 82.4 Å². The van der Waals surface area contributed by atoms with Crippen LogP contribution in [0.4, 0.5) is 5.69 Å². The van der Waals surface area contributed by atoms with E-state index in [4.69, 9.17) is 0 Å². The summed E-state index contributed by atoms with van der Waals surface area (Å²) >= 11 is 3.37. The number of carbonyl (C=O) groups excluding carboxylic acids is 2. The van der Waals surface area contributed by atoms with Gasteiger partial charge in [0.15, 0.2) is 0 Å². The molecule has 2 N–H and O–H groups in total. The quantitative estimate of drug-likeness (QED) is 0.362.